The number of anilines is 1. The number of rotatable bonds is 2. The number of hydrogen-bond donors (Lipinski definition) is 0. The Kier molecular flexibility index (Phi) is 4.06. The van der Waals surface area contributed by atoms with Crippen LogP contribution in [0.5, 0.6) is 0 Å². The molecule has 2 aliphatic rings. The average Bonchev–Trinajstić information content (AvgIpc) is 3.17. The van der Waals surface area contributed by atoms with Gasteiger partial charge in [0.25, 0.3) is 5.91 Å². The summed E-state index contributed by atoms with van der Waals surface area (Å²) in [6.45, 7) is 0. The Labute approximate surface area is 170 Å². The summed E-state index contributed by atoms with van der Waals surface area (Å²) in [5.74, 6) is -1.75. The van der Waals surface area contributed by atoms with Crippen molar-refractivity contribution in [2.45, 2.75) is 12.1 Å². The van der Waals surface area contributed by atoms with Gasteiger partial charge in [-0.2, -0.15) is 5.06 Å². The van der Waals surface area contributed by atoms with Gasteiger partial charge in [-0.3, -0.25) is 19.2 Å². The molecule has 0 aliphatic carbocycles. The van der Waals surface area contributed by atoms with Crippen LogP contribution in [-0.2, 0) is 14.4 Å². The van der Waals surface area contributed by atoms with Crippen molar-refractivity contribution in [1.29, 1.82) is 0 Å². The maximum absolute atomic E-state index is 13.2. The first kappa shape index (κ1) is 18.1. The minimum absolute atomic E-state index is 0.252. The number of benzene rings is 2. The molecule has 3 aromatic rings. The largest absolute Gasteiger partial charge is 0.464 e. The van der Waals surface area contributed by atoms with Crippen LogP contribution >= 0.6 is 11.6 Å². The summed E-state index contributed by atoms with van der Waals surface area (Å²) >= 11 is 5.91. The van der Waals surface area contributed by atoms with Crippen LogP contribution in [0.15, 0.2) is 64.0 Å². The summed E-state index contributed by atoms with van der Waals surface area (Å²) in [7, 11) is 1.60. The van der Waals surface area contributed by atoms with Crippen molar-refractivity contribution in [3.63, 3.8) is 0 Å². The van der Waals surface area contributed by atoms with Crippen LogP contribution in [0.1, 0.15) is 11.6 Å². The highest BCUT2D eigenvalue weighted by Crippen LogP contribution is 2.44. The predicted octanol–water partition coefficient (Wildman–Crippen LogP) is 2.92. The zero-order chi connectivity index (χ0) is 20.3. The van der Waals surface area contributed by atoms with Crippen molar-refractivity contribution < 1.29 is 18.8 Å². The van der Waals surface area contributed by atoms with E-state index < -0.39 is 29.9 Å². The lowest BCUT2D eigenvalue weighted by Gasteiger charge is -2.23. The van der Waals surface area contributed by atoms with Crippen LogP contribution in [-0.4, -0.2) is 30.0 Å². The lowest BCUT2D eigenvalue weighted by Crippen LogP contribution is -2.37. The molecule has 2 aromatic carbocycles. The number of imide groups is 1. The number of amides is 2. The first-order valence-corrected chi connectivity index (χ1v) is 9.38. The second-order valence-corrected chi connectivity index (χ2v) is 7.48. The number of hydrogen-bond acceptors (Lipinski definition) is 6. The highest BCUT2D eigenvalue weighted by atomic mass is 35.5. The van der Waals surface area contributed by atoms with Crippen molar-refractivity contribution in [1.82, 2.24) is 5.06 Å². The molecule has 0 bridgehead atoms. The van der Waals surface area contributed by atoms with Gasteiger partial charge in [0, 0.05) is 12.1 Å². The van der Waals surface area contributed by atoms with E-state index in [0.717, 1.165) is 4.90 Å². The van der Waals surface area contributed by atoms with Crippen LogP contribution in [0.3, 0.4) is 0 Å². The van der Waals surface area contributed by atoms with E-state index in [-0.39, 0.29) is 11.0 Å². The van der Waals surface area contributed by atoms with E-state index in [9.17, 15) is 14.4 Å². The molecular formula is C21H15ClN2O5. The van der Waals surface area contributed by atoms with E-state index in [1.54, 1.807) is 55.6 Å². The van der Waals surface area contributed by atoms with Crippen molar-refractivity contribution in [2.75, 3.05) is 11.9 Å². The number of carbonyl (C=O) groups is 2. The molecule has 0 unspecified atom stereocenters. The van der Waals surface area contributed by atoms with Gasteiger partial charge in [-0.15, -0.1) is 0 Å². The standard InChI is InChI=1S/C21H15ClN2O5/c1-23-17(14-10-28-15-5-3-2-4-13(15)18(14)25)16-19(29-23)21(27)24(20(16)26)12-8-6-11(22)7-9-12/h2-10,16-17,19H,1H3/t16-,17+,19+/m1/s1. The van der Waals surface area contributed by atoms with Crippen LogP contribution in [0.4, 0.5) is 5.69 Å². The maximum Gasteiger partial charge on any atom is 0.265 e. The van der Waals surface area contributed by atoms with Gasteiger partial charge < -0.3 is 4.42 Å². The molecule has 1 aromatic heterocycles. The number of nitrogens with zero attached hydrogens (tertiary/aromatic N) is 2. The molecule has 2 fully saturated rings. The van der Waals surface area contributed by atoms with E-state index in [4.69, 9.17) is 20.9 Å². The van der Waals surface area contributed by atoms with Gasteiger partial charge in [-0.25, -0.2) is 4.90 Å². The molecule has 0 N–H and O–H groups in total. The highest BCUT2D eigenvalue weighted by molar-refractivity contribution is 6.31. The normalized spacial score (nSPS) is 24.5. The zero-order valence-corrected chi connectivity index (χ0v) is 16.0. The number of fused-ring (bicyclic) bond motifs is 2. The third-order valence-corrected chi connectivity index (χ3v) is 5.67. The van der Waals surface area contributed by atoms with Gasteiger partial charge >= 0.3 is 0 Å². The fourth-order valence-corrected chi connectivity index (χ4v) is 4.21. The molecule has 0 spiro atoms. The Morgan fingerprint density at radius 3 is 2.45 bits per heavy atom. The molecular weight excluding hydrogens is 396 g/mol. The van der Waals surface area contributed by atoms with Crippen molar-refractivity contribution in [3.05, 3.63) is 75.6 Å². The van der Waals surface area contributed by atoms with Crippen molar-refractivity contribution in [2.24, 2.45) is 5.92 Å². The van der Waals surface area contributed by atoms with E-state index in [2.05, 4.69) is 0 Å². The van der Waals surface area contributed by atoms with Gasteiger partial charge in [0.2, 0.25) is 5.91 Å². The van der Waals surface area contributed by atoms with Crippen molar-refractivity contribution >= 4 is 40.1 Å². The van der Waals surface area contributed by atoms with Crippen LogP contribution < -0.4 is 10.3 Å². The lowest BCUT2D eigenvalue weighted by atomic mass is 9.91. The molecule has 2 saturated heterocycles. The quantitative estimate of drug-likeness (QED) is 0.604. The Morgan fingerprint density at radius 1 is 0.966 bits per heavy atom. The van der Waals surface area contributed by atoms with Crippen LogP contribution in [0.25, 0.3) is 11.0 Å². The molecule has 5 rings (SSSR count). The molecule has 2 aliphatic heterocycles. The SMILES string of the molecule is CN1O[C@@H]2C(=O)N(c3ccc(Cl)cc3)C(=O)[C@@H]2[C@@H]1c1coc2ccccc2c1=O. The lowest BCUT2D eigenvalue weighted by molar-refractivity contribution is -0.160. The highest BCUT2D eigenvalue weighted by Gasteiger charge is 2.59. The summed E-state index contributed by atoms with van der Waals surface area (Å²) in [4.78, 5) is 46.0. The van der Waals surface area contributed by atoms with E-state index in [1.807, 2.05) is 0 Å². The third-order valence-electron chi connectivity index (χ3n) is 5.42. The Hall–Kier alpha value is -3.00. The van der Waals surface area contributed by atoms with Gasteiger partial charge in [-0.1, -0.05) is 23.7 Å². The fourth-order valence-electron chi connectivity index (χ4n) is 4.08. The third kappa shape index (κ3) is 2.62. The summed E-state index contributed by atoms with van der Waals surface area (Å²) < 4.78 is 5.61. The van der Waals surface area contributed by atoms with Gasteiger partial charge in [0.15, 0.2) is 11.5 Å². The summed E-state index contributed by atoms with van der Waals surface area (Å²) in [6.07, 6.45) is 0.347. The molecule has 0 saturated carbocycles. The Balaban J connectivity index is 1.59. The fraction of sp³-hybridized carbons (Fsp3) is 0.190. The predicted molar refractivity (Wildman–Crippen MR) is 105 cm³/mol. The van der Waals surface area contributed by atoms with Gasteiger partial charge in [0.05, 0.1) is 34.9 Å². The van der Waals surface area contributed by atoms with Gasteiger partial charge in [-0.05, 0) is 36.4 Å². The minimum Gasteiger partial charge on any atom is -0.464 e. The zero-order valence-electron chi connectivity index (χ0n) is 15.2. The Bertz CT molecular complexity index is 1210. The number of para-hydroxylation sites is 1. The smallest absolute Gasteiger partial charge is 0.265 e. The minimum atomic E-state index is -1.00. The Morgan fingerprint density at radius 2 is 1.69 bits per heavy atom. The average molecular weight is 411 g/mol. The second-order valence-electron chi connectivity index (χ2n) is 7.05. The van der Waals surface area contributed by atoms with Crippen LogP contribution in [0, 0.1) is 5.92 Å². The topological polar surface area (TPSA) is 80.1 Å². The molecule has 29 heavy (non-hydrogen) atoms. The first-order chi connectivity index (χ1) is 14.0. The van der Waals surface area contributed by atoms with Crippen LogP contribution in [0.2, 0.25) is 5.02 Å². The number of halogens is 1. The molecule has 0 radical (unpaired) electrons. The monoisotopic (exact) mass is 410 g/mol. The second kappa shape index (κ2) is 6.52. The molecule has 2 amide bonds. The summed E-state index contributed by atoms with van der Waals surface area (Å²) in [6, 6.07) is 12.5. The molecule has 8 heteroatoms. The molecule has 146 valence electrons. The molecule has 3 heterocycles. The van der Waals surface area contributed by atoms with E-state index in [0.29, 0.717) is 21.7 Å². The molecule has 3 atom stereocenters. The first-order valence-electron chi connectivity index (χ1n) is 9.01. The molecule has 7 nitrogen and oxygen atoms in total. The summed E-state index contributed by atoms with van der Waals surface area (Å²) in [5, 5.41) is 2.30. The maximum atomic E-state index is 13.2. The summed E-state index contributed by atoms with van der Waals surface area (Å²) in [5.41, 5.74) is 0.890. The number of hydroxylamine groups is 2. The van der Waals surface area contributed by atoms with Gasteiger partial charge in [0.1, 0.15) is 5.58 Å². The van der Waals surface area contributed by atoms with Crippen molar-refractivity contribution in [3.8, 4) is 0 Å². The van der Waals surface area contributed by atoms with E-state index in [1.165, 1.54) is 11.3 Å². The van der Waals surface area contributed by atoms with E-state index >= 15 is 0 Å². The number of carbonyl (C=O) groups excluding carboxylic acids is 2.